The van der Waals surface area contributed by atoms with E-state index >= 15 is 0 Å². The van der Waals surface area contributed by atoms with Crippen LogP contribution in [0.2, 0.25) is 0 Å². The Hall–Kier alpha value is -1.19. The number of hydrogen-bond acceptors (Lipinski definition) is 3. The van der Waals surface area contributed by atoms with Gasteiger partial charge in [-0.1, -0.05) is 19.8 Å². The Morgan fingerprint density at radius 1 is 1.25 bits per heavy atom. The van der Waals surface area contributed by atoms with Gasteiger partial charge < -0.3 is 14.9 Å². The SMILES string of the molecule is CCCCNC(=O)C(C=O)CCCCC=O. The van der Waals surface area contributed by atoms with Crippen LogP contribution >= 0.6 is 0 Å². The second-order valence-electron chi connectivity index (χ2n) is 3.84. The van der Waals surface area contributed by atoms with Crippen LogP contribution in [0.25, 0.3) is 0 Å². The number of carbonyl (C=O) groups is 3. The summed E-state index contributed by atoms with van der Waals surface area (Å²) in [6.45, 7) is 2.68. The maximum atomic E-state index is 11.5. The van der Waals surface area contributed by atoms with Gasteiger partial charge in [-0.3, -0.25) is 4.79 Å². The van der Waals surface area contributed by atoms with Gasteiger partial charge in [0.25, 0.3) is 0 Å². The molecule has 4 heteroatoms. The summed E-state index contributed by atoms with van der Waals surface area (Å²) < 4.78 is 0. The molecule has 0 bridgehead atoms. The predicted molar refractivity (Wildman–Crippen MR) is 62.0 cm³/mol. The molecule has 0 saturated heterocycles. The van der Waals surface area contributed by atoms with Gasteiger partial charge in [0.15, 0.2) is 0 Å². The van der Waals surface area contributed by atoms with Gasteiger partial charge in [-0.2, -0.15) is 0 Å². The van der Waals surface area contributed by atoms with Gasteiger partial charge >= 0.3 is 0 Å². The zero-order chi connectivity index (χ0) is 12.2. The van der Waals surface area contributed by atoms with Gasteiger partial charge in [0.1, 0.15) is 12.6 Å². The van der Waals surface area contributed by atoms with Crippen molar-refractivity contribution in [2.75, 3.05) is 6.54 Å². The molecule has 0 saturated carbocycles. The number of hydrogen-bond donors (Lipinski definition) is 1. The van der Waals surface area contributed by atoms with Crippen LogP contribution in [-0.4, -0.2) is 25.0 Å². The van der Waals surface area contributed by atoms with Gasteiger partial charge in [-0.05, 0) is 19.3 Å². The van der Waals surface area contributed by atoms with Crippen molar-refractivity contribution in [2.45, 2.75) is 45.4 Å². The Kier molecular flexibility index (Phi) is 9.56. The summed E-state index contributed by atoms with van der Waals surface area (Å²) in [5.41, 5.74) is 0. The molecule has 0 radical (unpaired) electrons. The lowest BCUT2D eigenvalue weighted by atomic mass is 10.0. The van der Waals surface area contributed by atoms with E-state index in [2.05, 4.69) is 5.32 Å². The molecule has 1 amide bonds. The van der Waals surface area contributed by atoms with Crippen LogP contribution in [0.1, 0.15) is 45.4 Å². The van der Waals surface area contributed by atoms with E-state index in [4.69, 9.17) is 0 Å². The average Bonchev–Trinajstić information content (AvgIpc) is 2.29. The van der Waals surface area contributed by atoms with E-state index in [1.807, 2.05) is 6.92 Å². The van der Waals surface area contributed by atoms with Crippen LogP contribution in [0.15, 0.2) is 0 Å². The minimum atomic E-state index is -0.552. The van der Waals surface area contributed by atoms with Crippen molar-refractivity contribution in [3.05, 3.63) is 0 Å². The molecule has 16 heavy (non-hydrogen) atoms. The molecule has 1 N–H and O–H groups in total. The fourth-order valence-electron chi connectivity index (χ4n) is 1.37. The van der Waals surface area contributed by atoms with Gasteiger partial charge in [-0.15, -0.1) is 0 Å². The summed E-state index contributed by atoms with van der Waals surface area (Å²) in [5.74, 6) is -0.738. The highest BCUT2D eigenvalue weighted by molar-refractivity contribution is 5.91. The number of aldehydes is 2. The standard InChI is InChI=1S/C12H21NO3/c1-2-3-8-13-12(16)11(10-15)7-5-4-6-9-14/h9-11H,2-8H2,1H3,(H,13,16). The molecule has 0 spiro atoms. The molecular formula is C12H21NO3. The zero-order valence-corrected chi connectivity index (χ0v) is 9.91. The average molecular weight is 227 g/mol. The smallest absolute Gasteiger partial charge is 0.230 e. The molecule has 92 valence electrons. The number of nitrogens with one attached hydrogen (secondary N) is 1. The first-order chi connectivity index (χ1) is 7.76. The minimum Gasteiger partial charge on any atom is -0.355 e. The molecule has 0 aromatic carbocycles. The van der Waals surface area contributed by atoms with E-state index in [0.717, 1.165) is 32.0 Å². The molecule has 0 aromatic heterocycles. The van der Waals surface area contributed by atoms with Crippen LogP contribution < -0.4 is 5.32 Å². The lowest BCUT2D eigenvalue weighted by Crippen LogP contribution is -2.32. The van der Waals surface area contributed by atoms with Crippen LogP contribution in [-0.2, 0) is 14.4 Å². The summed E-state index contributed by atoms with van der Waals surface area (Å²) in [5, 5.41) is 2.74. The summed E-state index contributed by atoms with van der Waals surface area (Å²) >= 11 is 0. The number of rotatable bonds is 10. The molecule has 0 aliphatic rings. The highest BCUT2D eigenvalue weighted by Crippen LogP contribution is 2.07. The third kappa shape index (κ3) is 7.15. The van der Waals surface area contributed by atoms with E-state index in [9.17, 15) is 14.4 Å². The molecule has 0 heterocycles. The number of unbranched alkanes of at least 4 members (excludes halogenated alkanes) is 3. The summed E-state index contributed by atoms with van der Waals surface area (Å²) in [4.78, 5) is 32.3. The van der Waals surface area contributed by atoms with Crippen LogP contribution in [0.3, 0.4) is 0 Å². The van der Waals surface area contributed by atoms with Crippen molar-refractivity contribution >= 4 is 18.5 Å². The molecule has 0 aliphatic carbocycles. The van der Waals surface area contributed by atoms with Crippen molar-refractivity contribution in [2.24, 2.45) is 5.92 Å². The van der Waals surface area contributed by atoms with E-state index < -0.39 is 5.92 Å². The van der Waals surface area contributed by atoms with Crippen LogP contribution in [0.5, 0.6) is 0 Å². The Morgan fingerprint density at radius 2 is 2.00 bits per heavy atom. The second kappa shape index (κ2) is 10.3. The van der Waals surface area contributed by atoms with Crippen molar-refractivity contribution in [3.8, 4) is 0 Å². The molecular weight excluding hydrogens is 206 g/mol. The van der Waals surface area contributed by atoms with E-state index in [1.54, 1.807) is 0 Å². The molecule has 1 unspecified atom stereocenters. The Morgan fingerprint density at radius 3 is 2.56 bits per heavy atom. The third-order valence-corrected chi connectivity index (χ3v) is 2.42. The van der Waals surface area contributed by atoms with E-state index in [-0.39, 0.29) is 5.91 Å². The lowest BCUT2D eigenvalue weighted by molar-refractivity contribution is -0.129. The Labute approximate surface area is 96.8 Å². The molecule has 0 aliphatic heterocycles. The largest absolute Gasteiger partial charge is 0.355 e. The monoisotopic (exact) mass is 227 g/mol. The maximum Gasteiger partial charge on any atom is 0.230 e. The van der Waals surface area contributed by atoms with E-state index in [1.165, 1.54) is 0 Å². The van der Waals surface area contributed by atoms with Crippen molar-refractivity contribution in [1.29, 1.82) is 0 Å². The van der Waals surface area contributed by atoms with Crippen LogP contribution in [0, 0.1) is 5.92 Å². The normalized spacial score (nSPS) is 11.8. The predicted octanol–water partition coefficient (Wildman–Crippen LogP) is 1.48. The van der Waals surface area contributed by atoms with Gasteiger partial charge in [0, 0.05) is 13.0 Å². The minimum absolute atomic E-state index is 0.186. The summed E-state index contributed by atoms with van der Waals surface area (Å²) in [7, 11) is 0. The highest BCUT2D eigenvalue weighted by Gasteiger charge is 2.15. The van der Waals surface area contributed by atoms with Gasteiger partial charge in [0.05, 0.1) is 5.92 Å². The van der Waals surface area contributed by atoms with E-state index in [0.29, 0.717) is 25.7 Å². The molecule has 0 fully saturated rings. The first-order valence-electron chi connectivity index (χ1n) is 5.92. The van der Waals surface area contributed by atoms with Crippen LogP contribution in [0.4, 0.5) is 0 Å². The fourth-order valence-corrected chi connectivity index (χ4v) is 1.37. The lowest BCUT2D eigenvalue weighted by Gasteiger charge is -2.10. The number of amides is 1. The zero-order valence-electron chi connectivity index (χ0n) is 9.91. The first kappa shape index (κ1) is 14.8. The van der Waals surface area contributed by atoms with Crippen molar-refractivity contribution in [3.63, 3.8) is 0 Å². The van der Waals surface area contributed by atoms with Gasteiger partial charge in [-0.25, -0.2) is 0 Å². The maximum absolute atomic E-state index is 11.5. The fraction of sp³-hybridized carbons (Fsp3) is 0.750. The second-order valence-corrected chi connectivity index (χ2v) is 3.84. The summed E-state index contributed by atoms with van der Waals surface area (Å²) in [6.07, 6.45) is 6.03. The first-order valence-corrected chi connectivity index (χ1v) is 5.92. The Balaban J connectivity index is 3.74. The molecule has 0 rings (SSSR count). The molecule has 1 atom stereocenters. The van der Waals surface area contributed by atoms with Gasteiger partial charge in [0.2, 0.25) is 5.91 Å². The Bertz CT molecular complexity index is 216. The molecule has 0 aromatic rings. The molecule has 4 nitrogen and oxygen atoms in total. The van der Waals surface area contributed by atoms with Crippen molar-refractivity contribution < 1.29 is 14.4 Å². The third-order valence-electron chi connectivity index (χ3n) is 2.42. The number of carbonyl (C=O) groups excluding carboxylic acids is 3. The highest BCUT2D eigenvalue weighted by atomic mass is 16.2. The quantitative estimate of drug-likeness (QED) is 0.349. The van der Waals surface area contributed by atoms with Crippen molar-refractivity contribution in [1.82, 2.24) is 5.32 Å². The topological polar surface area (TPSA) is 63.2 Å². The summed E-state index contributed by atoms with van der Waals surface area (Å²) in [6, 6.07) is 0.